The number of rotatable bonds is 54. The second kappa shape index (κ2) is 57.7. The van der Waals surface area contributed by atoms with E-state index in [2.05, 4.69) is 39.0 Å². The molecule has 0 aromatic carbocycles. The third kappa shape index (κ3) is 55.9. The molecule has 0 aliphatic carbocycles. The molecule has 1 atom stereocenters. The van der Waals surface area contributed by atoms with Crippen molar-refractivity contribution in [2.24, 2.45) is 0 Å². The van der Waals surface area contributed by atoms with E-state index < -0.39 is 6.10 Å². The summed E-state index contributed by atoms with van der Waals surface area (Å²) in [6.07, 6.45) is 72.2. The van der Waals surface area contributed by atoms with E-state index in [1.165, 1.54) is 193 Å². The normalized spacial score (nSPS) is 12.4. The summed E-state index contributed by atoms with van der Waals surface area (Å²) in [4.78, 5) is 38.2. The van der Waals surface area contributed by atoms with Gasteiger partial charge in [-0.1, -0.05) is 306 Å². The van der Waals surface area contributed by atoms with Crippen LogP contribution in [0.5, 0.6) is 0 Å². The van der Waals surface area contributed by atoms with Gasteiger partial charge in [-0.15, -0.1) is 0 Å². The van der Waals surface area contributed by atoms with Gasteiger partial charge in [0.25, 0.3) is 0 Å². The number of hydrogen-bond donors (Lipinski definition) is 0. The molecule has 0 heterocycles. The van der Waals surface area contributed by atoms with Crippen molar-refractivity contribution in [3.05, 3.63) is 60.8 Å². The molecule has 0 aromatic heterocycles. The van der Waals surface area contributed by atoms with E-state index >= 15 is 0 Å². The SMILES string of the molecule is CC\C=C/C=C\C=C/C=C\C=C/CCCCCC(=O)OCC(COC(=O)CCCCCCCCCCCCCCCCCCCC)OC(=O)CCCCCCCCCCCCCCCCCCCC. The number of unbranched alkanes of at least 4 members (excludes halogenated alkanes) is 37. The van der Waals surface area contributed by atoms with Crippen LogP contribution in [0, 0.1) is 0 Å². The average molecular weight is 966 g/mol. The lowest BCUT2D eigenvalue weighted by Crippen LogP contribution is -2.30. The Morgan fingerprint density at radius 3 is 0.884 bits per heavy atom. The summed E-state index contributed by atoms with van der Waals surface area (Å²) in [7, 11) is 0. The van der Waals surface area contributed by atoms with Crippen molar-refractivity contribution < 1.29 is 28.6 Å². The molecular formula is C63H112O6. The molecule has 0 rings (SSSR count). The fraction of sp³-hybridized carbons (Fsp3) is 0.794. The van der Waals surface area contributed by atoms with Crippen LogP contribution in [0.4, 0.5) is 0 Å². The summed E-state index contributed by atoms with van der Waals surface area (Å²) < 4.78 is 16.9. The second-order valence-corrected chi connectivity index (χ2v) is 20.0. The molecule has 0 spiro atoms. The summed E-state index contributed by atoms with van der Waals surface area (Å²) >= 11 is 0. The number of esters is 3. The predicted molar refractivity (Wildman–Crippen MR) is 298 cm³/mol. The first-order valence-electron chi connectivity index (χ1n) is 29.9. The van der Waals surface area contributed by atoms with E-state index in [1.807, 2.05) is 42.5 Å². The molecule has 0 aliphatic heterocycles. The number of allylic oxidation sites excluding steroid dienone is 10. The molecule has 0 aromatic rings. The van der Waals surface area contributed by atoms with Crippen molar-refractivity contribution in [2.75, 3.05) is 13.2 Å². The minimum Gasteiger partial charge on any atom is -0.462 e. The van der Waals surface area contributed by atoms with Gasteiger partial charge in [0.05, 0.1) is 0 Å². The van der Waals surface area contributed by atoms with Crippen molar-refractivity contribution in [1.82, 2.24) is 0 Å². The standard InChI is InChI=1S/C63H112O6/c1-4-7-10-13-16-19-22-25-28-30-32-35-38-41-44-47-50-53-56-62(65)68-59-60(58-67-61(64)55-52-49-46-43-40-37-34-27-24-21-18-15-12-9-6-3)69-63(66)57-54-51-48-45-42-39-36-33-31-29-26-23-20-17-14-11-8-5-2/h9,12,15,18,21,24,27,34,37,40,60H,4-8,10-11,13-14,16-17,19-20,22-23,25-26,28-33,35-36,38-39,41-59H2,1-3H3/b12-9-,18-15-,24-21-,34-27-,40-37-. The van der Waals surface area contributed by atoms with Gasteiger partial charge in [-0.05, 0) is 38.5 Å². The van der Waals surface area contributed by atoms with E-state index in [-0.39, 0.29) is 31.1 Å². The summed E-state index contributed by atoms with van der Waals surface area (Å²) in [5.74, 6) is -0.909. The summed E-state index contributed by atoms with van der Waals surface area (Å²) in [6, 6.07) is 0. The van der Waals surface area contributed by atoms with Gasteiger partial charge in [-0.2, -0.15) is 0 Å². The Morgan fingerprint density at radius 2 is 0.565 bits per heavy atom. The molecule has 0 bridgehead atoms. The van der Waals surface area contributed by atoms with Crippen LogP contribution in [0.1, 0.15) is 303 Å². The van der Waals surface area contributed by atoms with Crippen molar-refractivity contribution in [2.45, 2.75) is 309 Å². The zero-order valence-corrected chi connectivity index (χ0v) is 45.8. The Hall–Kier alpha value is -2.89. The van der Waals surface area contributed by atoms with Crippen LogP contribution in [-0.4, -0.2) is 37.2 Å². The highest BCUT2D eigenvalue weighted by Crippen LogP contribution is 2.17. The molecule has 0 amide bonds. The van der Waals surface area contributed by atoms with Crippen molar-refractivity contribution in [3.63, 3.8) is 0 Å². The Bertz CT molecular complexity index is 1250. The molecule has 0 N–H and O–H groups in total. The highest BCUT2D eigenvalue weighted by Gasteiger charge is 2.19. The molecule has 6 heteroatoms. The Kier molecular flexibility index (Phi) is 55.3. The van der Waals surface area contributed by atoms with Gasteiger partial charge < -0.3 is 14.2 Å². The van der Waals surface area contributed by atoms with Crippen molar-refractivity contribution in [1.29, 1.82) is 0 Å². The first-order valence-corrected chi connectivity index (χ1v) is 29.9. The third-order valence-electron chi connectivity index (χ3n) is 13.2. The maximum absolute atomic E-state index is 12.9. The zero-order valence-electron chi connectivity index (χ0n) is 45.8. The van der Waals surface area contributed by atoms with Gasteiger partial charge in [0.2, 0.25) is 0 Å². The quantitative estimate of drug-likeness (QED) is 0.0262. The Balaban J connectivity index is 4.38. The molecule has 6 nitrogen and oxygen atoms in total. The number of carbonyl (C=O) groups excluding carboxylic acids is 3. The van der Waals surface area contributed by atoms with Gasteiger partial charge in [0.15, 0.2) is 6.10 Å². The molecular weight excluding hydrogens is 853 g/mol. The van der Waals surface area contributed by atoms with E-state index in [0.29, 0.717) is 19.3 Å². The molecule has 0 radical (unpaired) electrons. The summed E-state index contributed by atoms with van der Waals surface area (Å²) in [5.41, 5.74) is 0. The average Bonchev–Trinajstić information content (AvgIpc) is 3.35. The topological polar surface area (TPSA) is 78.9 Å². The monoisotopic (exact) mass is 965 g/mol. The number of carbonyl (C=O) groups is 3. The van der Waals surface area contributed by atoms with E-state index in [1.54, 1.807) is 0 Å². The fourth-order valence-corrected chi connectivity index (χ4v) is 8.70. The van der Waals surface area contributed by atoms with E-state index in [0.717, 1.165) is 70.6 Å². The van der Waals surface area contributed by atoms with Crippen LogP contribution in [0.25, 0.3) is 0 Å². The molecule has 0 saturated carbocycles. The first-order chi connectivity index (χ1) is 34.0. The van der Waals surface area contributed by atoms with Crippen LogP contribution in [-0.2, 0) is 28.6 Å². The van der Waals surface area contributed by atoms with Gasteiger partial charge in [0, 0.05) is 19.3 Å². The van der Waals surface area contributed by atoms with Crippen LogP contribution < -0.4 is 0 Å². The first kappa shape index (κ1) is 66.1. The van der Waals surface area contributed by atoms with Gasteiger partial charge >= 0.3 is 17.9 Å². The van der Waals surface area contributed by atoms with Gasteiger partial charge in [-0.3, -0.25) is 14.4 Å². The summed E-state index contributed by atoms with van der Waals surface area (Å²) in [5, 5.41) is 0. The molecule has 0 aliphatic rings. The molecule has 69 heavy (non-hydrogen) atoms. The minimum atomic E-state index is -0.789. The number of hydrogen-bond acceptors (Lipinski definition) is 6. The highest BCUT2D eigenvalue weighted by molar-refractivity contribution is 5.71. The minimum absolute atomic E-state index is 0.0837. The van der Waals surface area contributed by atoms with Crippen LogP contribution >= 0.6 is 0 Å². The van der Waals surface area contributed by atoms with E-state index in [9.17, 15) is 14.4 Å². The molecule has 0 fully saturated rings. The largest absolute Gasteiger partial charge is 0.462 e. The highest BCUT2D eigenvalue weighted by atomic mass is 16.6. The van der Waals surface area contributed by atoms with Crippen LogP contribution in [0.2, 0.25) is 0 Å². The molecule has 400 valence electrons. The Morgan fingerprint density at radius 1 is 0.304 bits per heavy atom. The maximum atomic E-state index is 12.9. The van der Waals surface area contributed by atoms with E-state index in [4.69, 9.17) is 14.2 Å². The predicted octanol–water partition coefficient (Wildman–Crippen LogP) is 20.0. The second-order valence-electron chi connectivity index (χ2n) is 20.0. The van der Waals surface area contributed by atoms with Crippen LogP contribution in [0.3, 0.4) is 0 Å². The molecule has 1 unspecified atom stereocenters. The zero-order chi connectivity index (χ0) is 50.0. The summed E-state index contributed by atoms with van der Waals surface area (Å²) in [6.45, 7) is 6.51. The fourth-order valence-electron chi connectivity index (χ4n) is 8.70. The van der Waals surface area contributed by atoms with Crippen molar-refractivity contribution >= 4 is 17.9 Å². The Labute approximate surface area is 428 Å². The lowest BCUT2D eigenvalue weighted by Gasteiger charge is -2.18. The van der Waals surface area contributed by atoms with Gasteiger partial charge in [0.1, 0.15) is 13.2 Å². The lowest BCUT2D eigenvalue weighted by atomic mass is 10.0. The third-order valence-corrected chi connectivity index (χ3v) is 13.2. The maximum Gasteiger partial charge on any atom is 0.306 e. The lowest BCUT2D eigenvalue weighted by molar-refractivity contribution is -0.167. The van der Waals surface area contributed by atoms with Crippen molar-refractivity contribution in [3.8, 4) is 0 Å². The number of ether oxygens (including phenoxy) is 3. The van der Waals surface area contributed by atoms with Gasteiger partial charge in [-0.25, -0.2) is 0 Å². The molecule has 0 saturated heterocycles. The van der Waals surface area contributed by atoms with Crippen LogP contribution in [0.15, 0.2) is 60.8 Å². The smallest absolute Gasteiger partial charge is 0.306 e.